The summed E-state index contributed by atoms with van der Waals surface area (Å²) in [5.74, 6) is 0.284. The number of nitrogens with one attached hydrogen (secondary N) is 1. The molecule has 1 heterocycles. The number of hydrogen-bond acceptors (Lipinski definition) is 4. The first-order valence-corrected chi connectivity index (χ1v) is 8.90. The maximum atomic E-state index is 12.5. The molecule has 4 nitrogen and oxygen atoms in total. The van der Waals surface area contributed by atoms with Crippen LogP contribution in [0.1, 0.15) is 25.1 Å². The number of fused-ring (bicyclic) bond motifs is 1. The van der Waals surface area contributed by atoms with Crippen LogP contribution in [0.2, 0.25) is 0 Å². The van der Waals surface area contributed by atoms with Gasteiger partial charge in [0, 0.05) is 16.6 Å². The normalized spacial score (nSPS) is 13.8. The lowest BCUT2D eigenvalue weighted by Crippen LogP contribution is -2.28. The van der Waals surface area contributed by atoms with Gasteiger partial charge in [-0.05, 0) is 12.0 Å². The van der Waals surface area contributed by atoms with Gasteiger partial charge in [-0.2, -0.15) is 0 Å². The molecule has 2 N–H and O–H groups in total. The summed E-state index contributed by atoms with van der Waals surface area (Å²) >= 11 is 1.32. The third-order valence-corrected chi connectivity index (χ3v) is 6.18. The third-order valence-electron chi connectivity index (χ3n) is 3.35. The van der Waals surface area contributed by atoms with Gasteiger partial charge in [-0.1, -0.05) is 38.5 Å². The Morgan fingerprint density at radius 3 is 2.70 bits per heavy atom. The summed E-state index contributed by atoms with van der Waals surface area (Å²) in [6.45, 7) is 4.17. The Bertz CT molecular complexity index is 692. The van der Waals surface area contributed by atoms with Crippen LogP contribution in [0.5, 0.6) is 0 Å². The van der Waals surface area contributed by atoms with Crippen LogP contribution in [-0.4, -0.2) is 20.1 Å². The van der Waals surface area contributed by atoms with Crippen molar-refractivity contribution < 1.29 is 13.5 Å². The summed E-state index contributed by atoms with van der Waals surface area (Å²) in [6, 6.07) is 7.32. The molecule has 0 radical (unpaired) electrons. The van der Waals surface area contributed by atoms with E-state index >= 15 is 0 Å². The fraction of sp³-hybridized carbons (Fsp3) is 0.429. The summed E-state index contributed by atoms with van der Waals surface area (Å²) in [5.41, 5.74) is 0. The van der Waals surface area contributed by atoms with Crippen molar-refractivity contribution in [3.05, 3.63) is 29.1 Å². The van der Waals surface area contributed by atoms with Gasteiger partial charge in [0.05, 0.1) is 11.5 Å². The second-order valence-electron chi connectivity index (χ2n) is 4.87. The quantitative estimate of drug-likeness (QED) is 0.861. The van der Waals surface area contributed by atoms with Gasteiger partial charge in [-0.15, -0.1) is 11.3 Å². The van der Waals surface area contributed by atoms with Crippen LogP contribution in [0.4, 0.5) is 0 Å². The minimum atomic E-state index is -3.59. The van der Waals surface area contributed by atoms with Crippen molar-refractivity contribution in [2.45, 2.75) is 31.8 Å². The molecule has 0 saturated carbocycles. The van der Waals surface area contributed by atoms with Crippen molar-refractivity contribution in [3.63, 3.8) is 0 Å². The second-order valence-corrected chi connectivity index (χ2v) is 7.71. The van der Waals surface area contributed by atoms with Crippen LogP contribution in [-0.2, 0) is 16.6 Å². The van der Waals surface area contributed by atoms with E-state index in [0.29, 0.717) is 16.8 Å². The van der Waals surface area contributed by atoms with Gasteiger partial charge in [0.25, 0.3) is 0 Å². The average Bonchev–Trinajstić information content (AvgIpc) is 2.84. The summed E-state index contributed by atoms with van der Waals surface area (Å²) in [4.78, 5) is 0.715. The monoisotopic (exact) mass is 313 g/mol. The molecule has 20 heavy (non-hydrogen) atoms. The minimum Gasteiger partial charge on any atom is -0.391 e. The van der Waals surface area contributed by atoms with Crippen LogP contribution >= 0.6 is 11.3 Å². The molecular formula is C14H19NO3S2. The highest BCUT2D eigenvalue weighted by molar-refractivity contribution is 7.90. The van der Waals surface area contributed by atoms with Crippen molar-refractivity contribution in [2.75, 3.05) is 6.54 Å². The maximum absolute atomic E-state index is 12.5. The largest absolute Gasteiger partial charge is 0.391 e. The number of benzene rings is 1. The molecule has 2 aromatic rings. The molecule has 1 aromatic carbocycles. The lowest BCUT2D eigenvalue weighted by atomic mass is 10.1. The summed E-state index contributed by atoms with van der Waals surface area (Å²) in [6.07, 6.45) is 0.916. The molecule has 0 fully saturated rings. The van der Waals surface area contributed by atoms with E-state index in [-0.39, 0.29) is 17.4 Å². The zero-order chi connectivity index (χ0) is 14.8. The molecule has 0 spiro atoms. The minimum absolute atomic E-state index is 0.226. The molecule has 0 amide bonds. The van der Waals surface area contributed by atoms with E-state index < -0.39 is 10.0 Å². The van der Waals surface area contributed by atoms with Crippen LogP contribution in [0, 0.1) is 5.92 Å². The Kier molecular flexibility index (Phi) is 4.80. The molecule has 0 aliphatic heterocycles. The van der Waals surface area contributed by atoms with Crippen LogP contribution in [0.3, 0.4) is 0 Å². The number of thiophene rings is 1. The summed E-state index contributed by atoms with van der Waals surface area (Å²) in [5, 5.41) is 10.1. The average molecular weight is 313 g/mol. The molecular weight excluding hydrogens is 294 g/mol. The van der Waals surface area contributed by atoms with Gasteiger partial charge < -0.3 is 5.11 Å². The number of hydrogen-bond donors (Lipinski definition) is 2. The SMILES string of the molecule is CCC(C)CNS(=O)(=O)c1c(CO)sc2ccccc12. The Balaban J connectivity index is 2.45. The smallest absolute Gasteiger partial charge is 0.242 e. The Labute approximate surface area is 123 Å². The zero-order valence-electron chi connectivity index (χ0n) is 11.6. The summed E-state index contributed by atoms with van der Waals surface area (Å²) in [7, 11) is -3.59. The molecule has 0 saturated heterocycles. The number of aliphatic hydroxyl groups excluding tert-OH is 1. The summed E-state index contributed by atoms with van der Waals surface area (Å²) < 4.78 is 28.5. The zero-order valence-corrected chi connectivity index (χ0v) is 13.2. The molecule has 1 atom stereocenters. The van der Waals surface area contributed by atoms with Gasteiger partial charge in [0.2, 0.25) is 10.0 Å². The number of rotatable bonds is 6. The highest BCUT2D eigenvalue weighted by Gasteiger charge is 2.24. The van der Waals surface area contributed by atoms with E-state index in [1.54, 1.807) is 6.07 Å². The lowest BCUT2D eigenvalue weighted by molar-refractivity contribution is 0.283. The molecule has 110 valence electrons. The van der Waals surface area contributed by atoms with Gasteiger partial charge in [-0.25, -0.2) is 13.1 Å². The molecule has 1 unspecified atom stereocenters. The fourth-order valence-corrected chi connectivity index (χ4v) is 4.90. The van der Waals surface area contributed by atoms with E-state index in [1.807, 2.05) is 32.0 Å². The predicted octanol–water partition coefficient (Wildman–Crippen LogP) is 2.72. The van der Waals surface area contributed by atoms with Gasteiger partial charge in [0.1, 0.15) is 4.90 Å². The molecule has 2 rings (SSSR count). The Morgan fingerprint density at radius 1 is 1.35 bits per heavy atom. The first-order valence-electron chi connectivity index (χ1n) is 6.60. The van der Waals surface area contributed by atoms with Crippen molar-refractivity contribution in [1.82, 2.24) is 4.72 Å². The third kappa shape index (κ3) is 3.03. The van der Waals surface area contributed by atoms with Gasteiger partial charge in [-0.3, -0.25) is 0 Å². The highest BCUT2D eigenvalue weighted by atomic mass is 32.2. The lowest BCUT2D eigenvalue weighted by Gasteiger charge is -2.11. The van der Waals surface area contributed by atoms with Crippen LogP contribution in [0.15, 0.2) is 29.2 Å². The molecule has 6 heteroatoms. The van der Waals surface area contributed by atoms with E-state index in [2.05, 4.69) is 4.72 Å². The molecule has 0 aliphatic rings. The standard InChI is InChI=1S/C14H19NO3S2/c1-3-10(2)8-15-20(17,18)14-11-6-4-5-7-12(11)19-13(14)9-16/h4-7,10,15-16H,3,8-9H2,1-2H3. The van der Waals surface area contributed by atoms with E-state index in [4.69, 9.17) is 0 Å². The number of sulfonamides is 1. The van der Waals surface area contributed by atoms with E-state index in [1.165, 1.54) is 11.3 Å². The first-order chi connectivity index (χ1) is 9.49. The first kappa shape index (κ1) is 15.4. The van der Waals surface area contributed by atoms with Crippen LogP contribution in [0.25, 0.3) is 10.1 Å². The highest BCUT2D eigenvalue weighted by Crippen LogP contribution is 2.34. The van der Waals surface area contributed by atoms with E-state index in [0.717, 1.165) is 11.1 Å². The Morgan fingerprint density at radius 2 is 2.05 bits per heavy atom. The molecule has 1 aromatic heterocycles. The topological polar surface area (TPSA) is 66.4 Å². The second kappa shape index (κ2) is 6.22. The predicted molar refractivity (Wildman–Crippen MR) is 82.4 cm³/mol. The van der Waals surface area contributed by atoms with E-state index in [9.17, 15) is 13.5 Å². The number of aliphatic hydroxyl groups is 1. The van der Waals surface area contributed by atoms with Crippen molar-refractivity contribution in [2.24, 2.45) is 5.92 Å². The van der Waals surface area contributed by atoms with Gasteiger partial charge >= 0.3 is 0 Å². The molecule has 0 bridgehead atoms. The van der Waals surface area contributed by atoms with Crippen LogP contribution < -0.4 is 4.72 Å². The van der Waals surface area contributed by atoms with Crippen molar-refractivity contribution >= 4 is 31.4 Å². The van der Waals surface area contributed by atoms with Crippen molar-refractivity contribution in [3.8, 4) is 0 Å². The van der Waals surface area contributed by atoms with Gasteiger partial charge in [0.15, 0.2) is 0 Å². The fourth-order valence-electron chi connectivity index (χ4n) is 1.94. The van der Waals surface area contributed by atoms with Crippen molar-refractivity contribution in [1.29, 1.82) is 0 Å². The molecule has 0 aliphatic carbocycles. The Hall–Kier alpha value is -0.950. The maximum Gasteiger partial charge on any atom is 0.242 e.